The molecule has 3 nitrogen and oxygen atoms in total. The number of aryl methyl sites for hydroxylation is 1. The number of rotatable bonds is 7. The zero-order valence-corrected chi connectivity index (χ0v) is 13.4. The molecule has 0 unspecified atom stereocenters. The van der Waals surface area contributed by atoms with Gasteiger partial charge in [-0.2, -0.15) is 0 Å². The number of ether oxygens (including phenoxy) is 1. The molecule has 0 aromatic heterocycles. The zero-order chi connectivity index (χ0) is 15.8. The fraction of sp³-hybridized carbons (Fsp3) is 0.579. The number of esters is 1. The average Bonchev–Trinajstić information content (AvgIpc) is 2.50. The summed E-state index contributed by atoms with van der Waals surface area (Å²) in [6, 6.07) is 10.3. The fourth-order valence-corrected chi connectivity index (χ4v) is 3.30. The maximum absolute atomic E-state index is 12.2. The first-order chi connectivity index (χ1) is 10.6. The summed E-state index contributed by atoms with van der Waals surface area (Å²) in [5.74, 6) is 0.301. The maximum Gasteiger partial charge on any atom is 0.302 e. The minimum Gasteiger partial charge on any atom is -0.462 e. The molecule has 2 rings (SSSR count). The summed E-state index contributed by atoms with van der Waals surface area (Å²) in [6.07, 6.45) is 7.12. The number of ketones is 1. The lowest BCUT2D eigenvalue weighted by molar-refractivity contribution is -0.152. The van der Waals surface area contributed by atoms with E-state index in [0.29, 0.717) is 18.6 Å². The van der Waals surface area contributed by atoms with Crippen molar-refractivity contribution >= 4 is 11.8 Å². The molecule has 1 aromatic carbocycles. The van der Waals surface area contributed by atoms with Gasteiger partial charge in [-0.1, -0.05) is 36.8 Å². The second-order valence-corrected chi connectivity index (χ2v) is 6.27. The molecule has 0 radical (unpaired) electrons. The van der Waals surface area contributed by atoms with Crippen LogP contribution in [0.1, 0.15) is 57.4 Å². The number of Topliss-reactive ketones (excluding diaryl/α,β-unsaturated/α-hetero) is 1. The van der Waals surface area contributed by atoms with Crippen LogP contribution in [0.2, 0.25) is 0 Å². The van der Waals surface area contributed by atoms with Crippen LogP contribution in [0.5, 0.6) is 0 Å². The largest absolute Gasteiger partial charge is 0.462 e. The van der Waals surface area contributed by atoms with E-state index in [9.17, 15) is 9.59 Å². The minimum atomic E-state index is -0.228. The lowest BCUT2D eigenvalue weighted by Gasteiger charge is -2.30. The van der Waals surface area contributed by atoms with E-state index >= 15 is 0 Å². The molecule has 1 aliphatic carbocycles. The lowest BCUT2D eigenvalue weighted by Crippen LogP contribution is -2.31. The van der Waals surface area contributed by atoms with Crippen molar-refractivity contribution in [3.8, 4) is 0 Å². The van der Waals surface area contributed by atoms with E-state index in [2.05, 4.69) is 12.1 Å². The van der Waals surface area contributed by atoms with E-state index in [4.69, 9.17) is 4.74 Å². The normalized spacial score (nSPS) is 21.3. The fourth-order valence-electron chi connectivity index (χ4n) is 3.30. The number of carbonyl (C=O) groups excluding carboxylic acids is 2. The van der Waals surface area contributed by atoms with Crippen LogP contribution >= 0.6 is 0 Å². The van der Waals surface area contributed by atoms with Crippen LogP contribution in [-0.4, -0.2) is 17.9 Å². The quantitative estimate of drug-likeness (QED) is 0.712. The zero-order valence-electron chi connectivity index (χ0n) is 13.4. The van der Waals surface area contributed by atoms with Crippen molar-refractivity contribution in [2.24, 2.45) is 5.92 Å². The van der Waals surface area contributed by atoms with Gasteiger partial charge in [-0.05, 0) is 37.7 Å². The van der Waals surface area contributed by atoms with Crippen molar-refractivity contribution in [3.63, 3.8) is 0 Å². The van der Waals surface area contributed by atoms with Crippen molar-refractivity contribution in [1.82, 2.24) is 0 Å². The molecule has 0 amide bonds. The van der Waals surface area contributed by atoms with Crippen LogP contribution in [0.15, 0.2) is 30.3 Å². The molecular weight excluding hydrogens is 276 g/mol. The Kier molecular flexibility index (Phi) is 6.63. The number of hydrogen-bond donors (Lipinski definition) is 0. The summed E-state index contributed by atoms with van der Waals surface area (Å²) >= 11 is 0. The molecule has 0 bridgehead atoms. The van der Waals surface area contributed by atoms with Crippen LogP contribution in [-0.2, 0) is 20.7 Å². The third kappa shape index (κ3) is 5.63. The van der Waals surface area contributed by atoms with Crippen molar-refractivity contribution in [3.05, 3.63) is 35.9 Å². The topological polar surface area (TPSA) is 43.4 Å². The predicted octanol–water partition coefficient (Wildman–Crippen LogP) is 4.09. The van der Waals surface area contributed by atoms with Crippen LogP contribution in [0.3, 0.4) is 0 Å². The molecule has 0 heterocycles. The summed E-state index contributed by atoms with van der Waals surface area (Å²) in [7, 11) is 0. The van der Waals surface area contributed by atoms with Gasteiger partial charge in [0.05, 0.1) is 0 Å². The molecule has 0 spiro atoms. The van der Waals surface area contributed by atoms with E-state index in [-0.39, 0.29) is 18.0 Å². The number of carbonyl (C=O) groups is 2. The first-order valence-electron chi connectivity index (χ1n) is 8.38. The van der Waals surface area contributed by atoms with Gasteiger partial charge in [0.2, 0.25) is 0 Å². The van der Waals surface area contributed by atoms with Crippen LogP contribution in [0.25, 0.3) is 0 Å². The monoisotopic (exact) mass is 302 g/mol. The summed E-state index contributed by atoms with van der Waals surface area (Å²) in [6.45, 7) is 1.45. The highest BCUT2D eigenvalue weighted by Crippen LogP contribution is 2.30. The Balaban J connectivity index is 1.74. The van der Waals surface area contributed by atoms with Crippen molar-refractivity contribution in [2.45, 2.75) is 64.4 Å². The third-order valence-corrected chi connectivity index (χ3v) is 4.41. The Labute approximate surface area is 133 Å². The minimum absolute atomic E-state index is 0.0516. The molecule has 0 saturated heterocycles. The van der Waals surface area contributed by atoms with Gasteiger partial charge >= 0.3 is 5.97 Å². The van der Waals surface area contributed by atoms with Gasteiger partial charge in [0.15, 0.2) is 0 Å². The van der Waals surface area contributed by atoms with Gasteiger partial charge in [-0.25, -0.2) is 0 Å². The molecule has 120 valence electrons. The molecule has 0 aliphatic heterocycles. The highest BCUT2D eigenvalue weighted by molar-refractivity contribution is 5.78. The highest BCUT2D eigenvalue weighted by atomic mass is 16.5. The smallest absolute Gasteiger partial charge is 0.302 e. The molecule has 1 fully saturated rings. The molecule has 22 heavy (non-hydrogen) atoms. The number of hydrogen-bond acceptors (Lipinski definition) is 3. The highest BCUT2D eigenvalue weighted by Gasteiger charge is 2.29. The van der Waals surface area contributed by atoms with Crippen molar-refractivity contribution < 1.29 is 14.3 Å². The summed E-state index contributed by atoms with van der Waals surface area (Å²) in [5.41, 5.74) is 1.28. The van der Waals surface area contributed by atoms with Crippen molar-refractivity contribution in [2.75, 3.05) is 0 Å². The van der Waals surface area contributed by atoms with Gasteiger partial charge in [0.25, 0.3) is 0 Å². The van der Waals surface area contributed by atoms with Crippen LogP contribution < -0.4 is 0 Å². The van der Waals surface area contributed by atoms with E-state index in [1.165, 1.54) is 12.5 Å². The summed E-state index contributed by atoms with van der Waals surface area (Å²) < 4.78 is 5.39. The van der Waals surface area contributed by atoms with E-state index in [1.54, 1.807) is 0 Å². The molecule has 2 atom stereocenters. The van der Waals surface area contributed by atoms with Gasteiger partial charge in [-0.3, -0.25) is 9.59 Å². The second-order valence-electron chi connectivity index (χ2n) is 6.27. The molecule has 1 saturated carbocycles. The standard InChI is InChI=1S/C19H26O3/c1-15(20)22-19-13-6-5-11-17(19)14-18(21)12-7-10-16-8-3-2-4-9-16/h2-4,8-9,17,19H,5-7,10-14H2,1H3/t17-,19+/m0/s1. The summed E-state index contributed by atoms with van der Waals surface area (Å²) in [4.78, 5) is 23.4. The first kappa shape index (κ1) is 16.7. The molecule has 0 N–H and O–H groups in total. The third-order valence-electron chi connectivity index (χ3n) is 4.41. The first-order valence-corrected chi connectivity index (χ1v) is 8.38. The summed E-state index contributed by atoms with van der Waals surface area (Å²) in [5, 5.41) is 0. The van der Waals surface area contributed by atoms with E-state index < -0.39 is 0 Å². The molecular formula is C19H26O3. The second kappa shape index (κ2) is 8.72. The maximum atomic E-state index is 12.2. The Morgan fingerprint density at radius 1 is 1.14 bits per heavy atom. The Hall–Kier alpha value is -1.64. The molecule has 3 heteroatoms. The van der Waals surface area contributed by atoms with Crippen LogP contribution in [0, 0.1) is 5.92 Å². The SMILES string of the molecule is CC(=O)O[C@@H]1CCCC[C@H]1CC(=O)CCCc1ccccc1. The molecule has 1 aliphatic rings. The number of benzene rings is 1. The Morgan fingerprint density at radius 2 is 1.86 bits per heavy atom. The van der Waals surface area contributed by atoms with Crippen LogP contribution in [0.4, 0.5) is 0 Å². The molecule has 1 aromatic rings. The predicted molar refractivity (Wildman–Crippen MR) is 86.5 cm³/mol. The average molecular weight is 302 g/mol. The Morgan fingerprint density at radius 3 is 2.59 bits per heavy atom. The Bertz CT molecular complexity index is 481. The van der Waals surface area contributed by atoms with Gasteiger partial charge in [-0.15, -0.1) is 0 Å². The van der Waals surface area contributed by atoms with E-state index in [1.807, 2.05) is 18.2 Å². The van der Waals surface area contributed by atoms with Crippen molar-refractivity contribution in [1.29, 1.82) is 0 Å². The van der Waals surface area contributed by atoms with Gasteiger partial charge in [0.1, 0.15) is 11.9 Å². The van der Waals surface area contributed by atoms with Gasteiger partial charge in [0, 0.05) is 25.7 Å². The van der Waals surface area contributed by atoms with E-state index in [0.717, 1.165) is 38.5 Å². The van der Waals surface area contributed by atoms with Gasteiger partial charge < -0.3 is 4.74 Å². The lowest BCUT2D eigenvalue weighted by atomic mass is 9.82.